The summed E-state index contributed by atoms with van der Waals surface area (Å²) in [7, 11) is 0. The van der Waals surface area contributed by atoms with Crippen LogP contribution in [-0.4, -0.2) is 27.2 Å². The number of aromatic nitrogens is 3. The minimum absolute atomic E-state index is 0.117. The van der Waals surface area contributed by atoms with Crippen LogP contribution >= 0.6 is 0 Å². The molecule has 0 fully saturated rings. The fraction of sp³-hybridized carbons (Fsp3) is 0.133. The Bertz CT molecular complexity index is 775. The fourth-order valence-electron chi connectivity index (χ4n) is 2.17. The van der Waals surface area contributed by atoms with Crippen LogP contribution in [0.1, 0.15) is 10.4 Å². The van der Waals surface area contributed by atoms with Crippen molar-refractivity contribution >= 4 is 22.5 Å². The molecule has 6 heteroatoms. The molecule has 6 nitrogen and oxygen atoms in total. The Hall–Kier alpha value is -2.89. The lowest BCUT2D eigenvalue weighted by Gasteiger charge is -2.07. The van der Waals surface area contributed by atoms with E-state index in [2.05, 4.69) is 15.4 Å². The highest BCUT2D eigenvalue weighted by atomic mass is 16.1. The summed E-state index contributed by atoms with van der Waals surface area (Å²) in [4.78, 5) is 16.5. The SMILES string of the molecule is Nc1cnn(CCNC(=O)c2ccnc3ccccc23)c1. The van der Waals surface area contributed by atoms with Gasteiger partial charge in [-0.2, -0.15) is 5.10 Å². The molecular weight excluding hydrogens is 266 g/mol. The third-order valence-electron chi connectivity index (χ3n) is 3.17. The van der Waals surface area contributed by atoms with Crippen molar-refractivity contribution in [2.45, 2.75) is 6.54 Å². The molecule has 0 atom stereocenters. The van der Waals surface area contributed by atoms with Crippen molar-refractivity contribution < 1.29 is 4.79 Å². The molecule has 0 unspecified atom stereocenters. The summed E-state index contributed by atoms with van der Waals surface area (Å²) in [5.74, 6) is -0.117. The van der Waals surface area contributed by atoms with Crippen LogP contribution in [0.2, 0.25) is 0 Å². The van der Waals surface area contributed by atoms with E-state index in [0.29, 0.717) is 24.3 Å². The Morgan fingerprint density at radius 2 is 2.14 bits per heavy atom. The van der Waals surface area contributed by atoms with Crippen molar-refractivity contribution in [1.29, 1.82) is 0 Å². The van der Waals surface area contributed by atoms with Crippen LogP contribution in [0.3, 0.4) is 0 Å². The lowest BCUT2D eigenvalue weighted by Crippen LogP contribution is -2.27. The Morgan fingerprint density at radius 3 is 2.95 bits per heavy atom. The summed E-state index contributed by atoms with van der Waals surface area (Å²) >= 11 is 0. The van der Waals surface area contributed by atoms with E-state index >= 15 is 0 Å². The van der Waals surface area contributed by atoms with Crippen molar-refractivity contribution in [2.24, 2.45) is 0 Å². The molecular formula is C15H15N5O. The predicted octanol–water partition coefficient (Wildman–Crippen LogP) is 1.44. The molecule has 3 N–H and O–H groups in total. The highest BCUT2D eigenvalue weighted by Gasteiger charge is 2.09. The number of nitrogens with one attached hydrogen (secondary N) is 1. The number of hydrogen-bond donors (Lipinski definition) is 2. The summed E-state index contributed by atoms with van der Waals surface area (Å²) in [6.07, 6.45) is 4.96. The van der Waals surface area contributed by atoms with Crippen molar-refractivity contribution in [3.05, 3.63) is 54.5 Å². The molecule has 1 aromatic carbocycles. The summed E-state index contributed by atoms with van der Waals surface area (Å²) in [5, 5.41) is 7.79. The van der Waals surface area contributed by atoms with Gasteiger partial charge < -0.3 is 11.1 Å². The minimum atomic E-state index is -0.117. The van der Waals surface area contributed by atoms with Gasteiger partial charge in [-0.25, -0.2) is 0 Å². The maximum Gasteiger partial charge on any atom is 0.252 e. The summed E-state index contributed by atoms with van der Waals surface area (Å²) in [6, 6.07) is 9.31. The number of benzene rings is 1. The van der Waals surface area contributed by atoms with Gasteiger partial charge in [0.05, 0.1) is 29.5 Å². The topological polar surface area (TPSA) is 85.8 Å². The van der Waals surface area contributed by atoms with Gasteiger partial charge in [0, 0.05) is 24.3 Å². The van der Waals surface area contributed by atoms with Crippen LogP contribution < -0.4 is 11.1 Å². The molecule has 0 radical (unpaired) electrons. The van der Waals surface area contributed by atoms with Gasteiger partial charge in [-0.05, 0) is 12.1 Å². The van der Waals surface area contributed by atoms with Crippen LogP contribution in [0.25, 0.3) is 10.9 Å². The number of amides is 1. The Morgan fingerprint density at radius 1 is 1.29 bits per heavy atom. The number of carbonyl (C=O) groups is 1. The standard InChI is InChI=1S/C15H15N5O/c16-11-9-19-20(10-11)8-7-18-15(21)13-5-6-17-14-4-2-1-3-12(13)14/h1-6,9-10H,7-8,16H2,(H,18,21). The zero-order chi connectivity index (χ0) is 14.7. The number of fused-ring (bicyclic) bond motifs is 1. The zero-order valence-corrected chi connectivity index (χ0v) is 11.4. The molecule has 0 bridgehead atoms. The quantitative estimate of drug-likeness (QED) is 0.757. The Balaban J connectivity index is 1.69. The predicted molar refractivity (Wildman–Crippen MR) is 80.7 cm³/mol. The summed E-state index contributed by atoms with van der Waals surface area (Å²) in [6.45, 7) is 1.06. The first-order chi connectivity index (χ1) is 10.2. The van der Waals surface area contributed by atoms with Crippen molar-refractivity contribution in [3.8, 4) is 0 Å². The van der Waals surface area contributed by atoms with Crippen LogP contribution in [0.15, 0.2) is 48.9 Å². The second kappa shape index (κ2) is 5.62. The van der Waals surface area contributed by atoms with E-state index < -0.39 is 0 Å². The van der Waals surface area contributed by atoms with Gasteiger partial charge >= 0.3 is 0 Å². The third-order valence-corrected chi connectivity index (χ3v) is 3.17. The molecule has 0 saturated heterocycles. The number of nitrogen functional groups attached to an aromatic ring is 1. The average Bonchev–Trinajstić information content (AvgIpc) is 2.92. The fourth-order valence-corrected chi connectivity index (χ4v) is 2.17. The second-order valence-electron chi connectivity index (χ2n) is 4.67. The van der Waals surface area contributed by atoms with E-state index in [1.165, 1.54) is 0 Å². The van der Waals surface area contributed by atoms with Crippen molar-refractivity contribution in [3.63, 3.8) is 0 Å². The molecule has 0 saturated carbocycles. The molecule has 2 heterocycles. The number of hydrogen-bond acceptors (Lipinski definition) is 4. The monoisotopic (exact) mass is 281 g/mol. The molecule has 0 aliphatic rings. The Labute approximate surface area is 121 Å². The first kappa shape index (κ1) is 13.1. The summed E-state index contributed by atoms with van der Waals surface area (Å²) < 4.78 is 1.69. The number of anilines is 1. The normalized spacial score (nSPS) is 10.7. The van der Waals surface area contributed by atoms with Gasteiger partial charge in [-0.15, -0.1) is 0 Å². The smallest absolute Gasteiger partial charge is 0.252 e. The van der Waals surface area contributed by atoms with Crippen LogP contribution in [0, 0.1) is 0 Å². The van der Waals surface area contributed by atoms with E-state index in [1.54, 1.807) is 29.3 Å². The molecule has 0 aliphatic heterocycles. The van der Waals surface area contributed by atoms with Gasteiger partial charge in [0.25, 0.3) is 5.91 Å². The second-order valence-corrected chi connectivity index (χ2v) is 4.67. The maximum absolute atomic E-state index is 12.3. The van der Waals surface area contributed by atoms with E-state index in [1.807, 2.05) is 24.3 Å². The number of nitrogens with zero attached hydrogens (tertiary/aromatic N) is 3. The molecule has 106 valence electrons. The van der Waals surface area contributed by atoms with E-state index in [0.717, 1.165) is 10.9 Å². The van der Waals surface area contributed by atoms with Crippen LogP contribution in [0.5, 0.6) is 0 Å². The average molecular weight is 281 g/mol. The molecule has 3 rings (SSSR count). The van der Waals surface area contributed by atoms with Crippen LogP contribution in [0.4, 0.5) is 5.69 Å². The molecule has 3 aromatic rings. The number of rotatable bonds is 4. The Kier molecular flexibility index (Phi) is 3.51. The molecule has 2 aromatic heterocycles. The van der Waals surface area contributed by atoms with Gasteiger partial charge in [0.1, 0.15) is 0 Å². The van der Waals surface area contributed by atoms with Crippen molar-refractivity contribution in [2.75, 3.05) is 12.3 Å². The van der Waals surface area contributed by atoms with Gasteiger partial charge in [0.2, 0.25) is 0 Å². The highest BCUT2D eigenvalue weighted by Crippen LogP contribution is 2.15. The highest BCUT2D eigenvalue weighted by molar-refractivity contribution is 6.05. The lowest BCUT2D eigenvalue weighted by atomic mass is 10.1. The molecule has 1 amide bonds. The van der Waals surface area contributed by atoms with Crippen molar-refractivity contribution in [1.82, 2.24) is 20.1 Å². The minimum Gasteiger partial charge on any atom is -0.396 e. The van der Waals surface area contributed by atoms with Gasteiger partial charge in [-0.3, -0.25) is 14.5 Å². The summed E-state index contributed by atoms with van der Waals surface area (Å²) in [5.41, 5.74) is 7.63. The third kappa shape index (κ3) is 2.84. The van der Waals surface area contributed by atoms with Gasteiger partial charge in [0.15, 0.2) is 0 Å². The largest absolute Gasteiger partial charge is 0.396 e. The van der Waals surface area contributed by atoms with E-state index in [4.69, 9.17) is 5.73 Å². The molecule has 0 aliphatic carbocycles. The zero-order valence-electron chi connectivity index (χ0n) is 11.4. The van der Waals surface area contributed by atoms with Gasteiger partial charge in [-0.1, -0.05) is 18.2 Å². The first-order valence-electron chi connectivity index (χ1n) is 6.64. The molecule has 0 spiro atoms. The number of carbonyl (C=O) groups excluding carboxylic acids is 1. The van der Waals surface area contributed by atoms with E-state index in [-0.39, 0.29) is 5.91 Å². The maximum atomic E-state index is 12.3. The van der Waals surface area contributed by atoms with E-state index in [9.17, 15) is 4.79 Å². The number of pyridine rings is 1. The lowest BCUT2D eigenvalue weighted by molar-refractivity contribution is 0.0953. The number of nitrogens with two attached hydrogens (primary N) is 1. The van der Waals surface area contributed by atoms with Crippen LogP contribution in [-0.2, 0) is 6.54 Å². The number of para-hydroxylation sites is 1. The molecule has 21 heavy (non-hydrogen) atoms. The first-order valence-corrected chi connectivity index (χ1v) is 6.64.